The first-order valence-electron chi connectivity index (χ1n) is 6.87. The maximum atomic E-state index is 12.2. The normalized spacial score (nSPS) is 28.3. The van der Waals surface area contributed by atoms with E-state index in [1.165, 1.54) is 0 Å². The molecule has 0 aliphatic carbocycles. The van der Waals surface area contributed by atoms with Crippen molar-refractivity contribution in [3.63, 3.8) is 0 Å². The molecule has 1 heterocycles. The summed E-state index contributed by atoms with van der Waals surface area (Å²) >= 11 is 0. The van der Waals surface area contributed by atoms with E-state index in [1.54, 1.807) is 4.90 Å². The number of nitrogens with zero attached hydrogens (tertiary/aromatic N) is 1. The SMILES string of the molecule is C[C@@H]1CCN(C(=O)OC(C)(C)C)[C@@H](C)[C@@H]1NS(C)(=O)=O. The predicted octanol–water partition coefficient (Wildman–Crippen LogP) is 1.57. The van der Waals surface area contributed by atoms with E-state index in [-0.39, 0.29) is 18.0 Å². The summed E-state index contributed by atoms with van der Waals surface area (Å²) in [7, 11) is -3.30. The molecule has 6 nitrogen and oxygen atoms in total. The Bertz CT molecular complexity index is 455. The van der Waals surface area contributed by atoms with Crippen LogP contribution >= 0.6 is 0 Å². The molecule has 0 aromatic heterocycles. The first-order chi connectivity index (χ1) is 8.91. The predicted molar refractivity (Wildman–Crippen MR) is 78.0 cm³/mol. The summed E-state index contributed by atoms with van der Waals surface area (Å²) < 4.78 is 30.9. The van der Waals surface area contributed by atoms with Crippen molar-refractivity contribution in [3.05, 3.63) is 0 Å². The molecule has 0 unspecified atom stereocenters. The number of likely N-dealkylation sites (tertiary alicyclic amines) is 1. The van der Waals surface area contributed by atoms with Gasteiger partial charge in [-0.3, -0.25) is 0 Å². The zero-order chi connectivity index (χ0) is 15.7. The zero-order valence-electron chi connectivity index (χ0n) is 13.1. The third-order valence-corrected chi connectivity index (χ3v) is 4.13. The van der Waals surface area contributed by atoms with Gasteiger partial charge < -0.3 is 9.64 Å². The topological polar surface area (TPSA) is 75.7 Å². The van der Waals surface area contributed by atoms with E-state index in [0.717, 1.165) is 12.7 Å². The Morgan fingerprint density at radius 1 is 1.30 bits per heavy atom. The summed E-state index contributed by atoms with van der Waals surface area (Å²) in [5.74, 6) is 0.179. The fourth-order valence-electron chi connectivity index (χ4n) is 2.44. The molecular formula is C13H26N2O4S. The molecule has 1 rings (SSSR count). The van der Waals surface area contributed by atoms with Crippen LogP contribution in [0, 0.1) is 5.92 Å². The van der Waals surface area contributed by atoms with Crippen molar-refractivity contribution < 1.29 is 17.9 Å². The van der Waals surface area contributed by atoms with Crippen LogP contribution in [0.1, 0.15) is 41.0 Å². The maximum absolute atomic E-state index is 12.2. The van der Waals surface area contributed by atoms with Gasteiger partial charge in [-0.15, -0.1) is 0 Å². The third kappa shape index (κ3) is 4.94. The Morgan fingerprint density at radius 3 is 2.30 bits per heavy atom. The van der Waals surface area contributed by atoms with Crippen molar-refractivity contribution in [3.8, 4) is 0 Å². The highest BCUT2D eigenvalue weighted by molar-refractivity contribution is 7.88. The second kappa shape index (κ2) is 5.89. The summed E-state index contributed by atoms with van der Waals surface area (Å²) in [6.45, 7) is 9.87. The summed E-state index contributed by atoms with van der Waals surface area (Å²) in [5.41, 5.74) is -0.556. The van der Waals surface area contributed by atoms with Gasteiger partial charge in [0, 0.05) is 18.6 Å². The molecular weight excluding hydrogens is 280 g/mol. The molecule has 0 aromatic rings. The fraction of sp³-hybridized carbons (Fsp3) is 0.923. The first-order valence-corrected chi connectivity index (χ1v) is 8.77. The average Bonchev–Trinajstić information content (AvgIpc) is 2.20. The lowest BCUT2D eigenvalue weighted by Gasteiger charge is -2.43. The minimum Gasteiger partial charge on any atom is -0.444 e. The number of carbonyl (C=O) groups is 1. The monoisotopic (exact) mass is 306 g/mol. The summed E-state index contributed by atoms with van der Waals surface area (Å²) in [6.07, 6.45) is 1.49. The number of ether oxygens (including phenoxy) is 1. The highest BCUT2D eigenvalue weighted by Crippen LogP contribution is 2.25. The van der Waals surface area contributed by atoms with Crippen molar-refractivity contribution in [2.75, 3.05) is 12.8 Å². The minimum absolute atomic E-state index is 0.179. The molecule has 20 heavy (non-hydrogen) atoms. The fourth-order valence-corrected chi connectivity index (χ4v) is 3.36. The standard InChI is InChI=1S/C13H26N2O4S/c1-9-7-8-15(12(16)19-13(3,4)5)10(2)11(9)14-20(6,17)18/h9-11,14H,7-8H2,1-6H3/t9-,10+,11-/m1/s1. The Labute approximate surface area is 121 Å². The van der Waals surface area contributed by atoms with Gasteiger partial charge in [0.25, 0.3) is 0 Å². The van der Waals surface area contributed by atoms with Crippen LogP contribution in [0.15, 0.2) is 0 Å². The van der Waals surface area contributed by atoms with Gasteiger partial charge in [-0.1, -0.05) is 6.92 Å². The number of nitrogens with one attached hydrogen (secondary N) is 1. The second-order valence-corrected chi connectivity index (χ2v) is 8.38. The molecule has 1 fully saturated rings. The van der Waals surface area contributed by atoms with Gasteiger partial charge in [-0.2, -0.15) is 0 Å². The van der Waals surface area contributed by atoms with Gasteiger partial charge in [0.15, 0.2) is 0 Å². The number of sulfonamides is 1. The van der Waals surface area contributed by atoms with Gasteiger partial charge in [-0.25, -0.2) is 17.9 Å². The van der Waals surface area contributed by atoms with Crippen molar-refractivity contribution in [1.29, 1.82) is 0 Å². The highest BCUT2D eigenvalue weighted by atomic mass is 32.2. The Balaban J connectivity index is 2.83. The number of carbonyl (C=O) groups excluding carboxylic acids is 1. The molecule has 7 heteroatoms. The molecule has 1 amide bonds. The molecule has 1 N–H and O–H groups in total. The molecule has 3 atom stereocenters. The minimum atomic E-state index is -3.30. The van der Waals surface area contributed by atoms with Crippen LogP contribution in [0.5, 0.6) is 0 Å². The lowest BCUT2D eigenvalue weighted by molar-refractivity contribution is 0.00277. The number of rotatable bonds is 2. The van der Waals surface area contributed by atoms with E-state index in [4.69, 9.17) is 4.74 Å². The number of hydrogen-bond acceptors (Lipinski definition) is 4. The van der Waals surface area contributed by atoms with E-state index in [9.17, 15) is 13.2 Å². The van der Waals surface area contributed by atoms with Crippen LogP contribution in [-0.2, 0) is 14.8 Å². The lowest BCUT2D eigenvalue weighted by Crippen LogP contribution is -2.59. The molecule has 0 saturated carbocycles. The first kappa shape index (κ1) is 17.2. The van der Waals surface area contributed by atoms with Gasteiger partial charge >= 0.3 is 6.09 Å². The summed E-state index contributed by atoms with van der Waals surface area (Å²) in [5, 5.41) is 0. The molecule has 1 saturated heterocycles. The second-order valence-electron chi connectivity index (χ2n) is 6.60. The summed E-state index contributed by atoms with van der Waals surface area (Å²) in [4.78, 5) is 13.8. The summed E-state index contributed by atoms with van der Waals surface area (Å²) in [6, 6.07) is -0.519. The van der Waals surface area contributed by atoms with Crippen molar-refractivity contribution >= 4 is 16.1 Å². The lowest BCUT2D eigenvalue weighted by atomic mass is 9.88. The third-order valence-electron chi connectivity index (χ3n) is 3.43. The largest absolute Gasteiger partial charge is 0.444 e. The molecule has 118 valence electrons. The van der Waals surface area contributed by atoms with Crippen molar-refractivity contribution in [2.24, 2.45) is 5.92 Å². The van der Waals surface area contributed by atoms with Crippen LogP contribution in [0.25, 0.3) is 0 Å². The van der Waals surface area contributed by atoms with Crippen LogP contribution in [0.3, 0.4) is 0 Å². The van der Waals surface area contributed by atoms with Gasteiger partial charge in [0.2, 0.25) is 10.0 Å². The van der Waals surface area contributed by atoms with E-state index in [0.29, 0.717) is 6.54 Å². The molecule has 1 aliphatic heterocycles. The average molecular weight is 306 g/mol. The maximum Gasteiger partial charge on any atom is 0.410 e. The Morgan fingerprint density at radius 2 is 1.85 bits per heavy atom. The molecule has 1 aliphatic rings. The van der Waals surface area contributed by atoms with E-state index in [2.05, 4.69) is 4.72 Å². The molecule has 0 bridgehead atoms. The van der Waals surface area contributed by atoms with Crippen LogP contribution in [0.2, 0.25) is 0 Å². The van der Waals surface area contributed by atoms with E-state index in [1.807, 2.05) is 34.6 Å². The smallest absolute Gasteiger partial charge is 0.410 e. The highest BCUT2D eigenvalue weighted by Gasteiger charge is 2.38. The van der Waals surface area contributed by atoms with Crippen molar-refractivity contribution in [2.45, 2.75) is 58.7 Å². The molecule has 0 spiro atoms. The number of hydrogen-bond donors (Lipinski definition) is 1. The number of amides is 1. The van der Waals surface area contributed by atoms with Crippen LogP contribution < -0.4 is 4.72 Å². The van der Waals surface area contributed by atoms with Gasteiger partial charge in [-0.05, 0) is 40.0 Å². The van der Waals surface area contributed by atoms with Crippen LogP contribution in [0.4, 0.5) is 4.79 Å². The van der Waals surface area contributed by atoms with E-state index < -0.39 is 21.7 Å². The zero-order valence-corrected chi connectivity index (χ0v) is 14.0. The van der Waals surface area contributed by atoms with Gasteiger partial charge in [0.05, 0.1) is 6.26 Å². The quantitative estimate of drug-likeness (QED) is 0.840. The van der Waals surface area contributed by atoms with Crippen molar-refractivity contribution in [1.82, 2.24) is 9.62 Å². The molecule has 0 radical (unpaired) electrons. The number of piperidine rings is 1. The van der Waals surface area contributed by atoms with Gasteiger partial charge in [0.1, 0.15) is 5.60 Å². The molecule has 0 aromatic carbocycles. The van der Waals surface area contributed by atoms with Crippen LogP contribution in [-0.4, -0.2) is 49.9 Å². The van der Waals surface area contributed by atoms with E-state index >= 15 is 0 Å². The Hall–Kier alpha value is -0.820. The Kier molecular flexibility index (Phi) is 5.08.